The summed E-state index contributed by atoms with van der Waals surface area (Å²) in [4.78, 5) is 22.1. The second-order valence-electron chi connectivity index (χ2n) is 4.09. The third-order valence-corrected chi connectivity index (χ3v) is 2.40. The smallest absolute Gasteiger partial charge is 0.341 e. The van der Waals surface area contributed by atoms with E-state index in [4.69, 9.17) is 15.6 Å². The molecule has 1 rings (SSSR count). The third-order valence-electron chi connectivity index (χ3n) is 2.40. The minimum absolute atomic E-state index is 0.266. The lowest BCUT2D eigenvalue weighted by atomic mass is 10.1. The van der Waals surface area contributed by atoms with Crippen LogP contribution in [0, 0.1) is 0 Å². The van der Waals surface area contributed by atoms with E-state index in [9.17, 15) is 9.59 Å². The molecule has 1 atom stereocenters. The number of aliphatic carboxylic acids is 1. The molecule has 0 spiro atoms. The minimum Gasteiger partial charge on any atom is -0.482 e. The Balaban J connectivity index is 2.61. The van der Waals surface area contributed by atoms with Gasteiger partial charge in [0.2, 0.25) is 5.91 Å². The molecular weight excluding hydrogens is 248 g/mol. The van der Waals surface area contributed by atoms with Crippen molar-refractivity contribution in [2.24, 2.45) is 5.73 Å². The van der Waals surface area contributed by atoms with E-state index < -0.39 is 18.6 Å². The summed E-state index contributed by atoms with van der Waals surface area (Å²) in [6, 6.07) is 5.97. The lowest BCUT2D eigenvalue weighted by molar-refractivity contribution is -0.139. The summed E-state index contributed by atoms with van der Waals surface area (Å²) in [6.45, 7) is 1.53. The highest BCUT2D eigenvalue weighted by atomic mass is 16.5. The first-order valence-electron chi connectivity index (χ1n) is 6.04. The number of hydrogen-bond acceptors (Lipinski definition) is 4. The quantitative estimate of drug-likeness (QED) is 0.688. The molecule has 1 aromatic carbocycles. The average Bonchev–Trinajstić information content (AvgIpc) is 2.37. The third kappa shape index (κ3) is 5.39. The maximum absolute atomic E-state index is 11.7. The van der Waals surface area contributed by atoms with Gasteiger partial charge in [-0.25, -0.2) is 4.79 Å². The monoisotopic (exact) mass is 266 g/mol. The Morgan fingerprint density at radius 3 is 2.84 bits per heavy atom. The van der Waals surface area contributed by atoms with E-state index in [1.807, 2.05) is 6.92 Å². The van der Waals surface area contributed by atoms with Crippen molar-refractivity contribution in [3.05, 3.63) is 24.3 Å². The number of rotatable bonds is 7. The Hall–Kier alpha value is -2.08. The summed E-state index contributed by atoms with van der Waals surface area (Å²) in [7, 11) is 0. The molecule has 0 saturated carbocycles. The molecule has 0 fully saturated rings. The van der Waals surface area contributed by atoms with E-state index in [-0.39, 0.29) is 5.91 Å². The SMILES string of the molecule is CCC[C@H](N)C(=O)Nc1cccc(OCC(=O)O)c1. The summed E-state index contributed by atoms with van der Waals surface area (Å²) in [6.07, 6.45) is 1.44. The number of nitrogens with two attached hydrogens (primary N) is 1. The van der Waals surface area contributed by atoms with Crippen LogP contribution >= 0.6 is 0 Å². The van der Waals surface area contributed by atoms with Crippen LogP contribution in [-0.4, -0.2) is 29.6 Å². The van der Waals surface area contributed by atoms with Gasteiger partial charge in [0.15, 0.2) is 6.61 Å². The molecule has 0 aliphatic heterocycles. The molecule has 0 heterocycles. The number of carboxylic acid groups (broad SMARTS) is 1. The first-order valence-corrected chi connectivity index (χ1v) is 6.04. The van der Waals surface area contributed by atoms with Crippen LogP contribution in [0.15, 0.2) is 24.3 Å². The summed E-state index contributed by atoms with van der Waals surface area (Å²) < 4.78 is 5.02. The van der Waals surface area contributed by atoms with Crippen molar-refractivity contribution in [3.8, 4) is 5.75 Å². The van der Waals surface area contributed by atoms with Gasteiger partial charge < -0.3 is 20.9 Å². The highest BCUT2D eigenvalue weighted by molar-refractivity contribution is 5.94. The highest BCUT2D eigenvalue weighted by Gasteiger charge is 2.12. The van der Waals surface area contributed by atoms with Gasteiger partial charge in [-0.1, -0.05) is 19.4 Å². The fourth-order valence-corrected chi connectivity index (χ4v) is 1.49. The van der Waals surface area contributed by atoms with E-state index in [0.717, 1.165) is 6.42 Å². The number of benzene rings is 1. The average molecular weight is 266 g/mol. The number of carbonyl (C=O) groups excluding carboxylic acids is 1. The number of amides is 1. The van der Waals surface area contributed by atoms with E-state index >= 15 is 0 Å². The molecule has 0 radical (unpaired) electrons. The molecule has 4 N–H and O–H groups in total. The Labute approximate surface area is 111 Å². The number of nitrogens with one attached hydrogen (secondary N) is 1. The molecule has 19 heavy (non-hydrogen) atoms. The molecule has 0 aliphatic rings. The van der Waals surface area contributed by atoms with Crippen molar-refractivity contribution < 1.29 is 19.4 Å². The first-order chi connectivity index (χ1) is 9.02. The number of carboxylic acids is 1. The lowest BCUT2D eigenvalue weighted by Crippen LogP contribution is -2.35. The van der Waals surface area contributed by atoms with Crippen LogP contribution in [0.1, 0.15) is 19.8 Å². The summed E-state index contributed by atoms with van der Waals surface area (Å²) >= 11 is 0. The molecule has 1 amide bonds. The van der Waals surface area contributed by atoms with E-state index in [0.29, 0.717) is 17.9 Å². The Morgan fingerprint density at radius 1 is 1.47 bits per heavy atom. The van der Waals surface area contributed by atoms with Crippen LogP contribution in [0.3, 0.4) is 0 Å². The van der Waals surface area contributed by atoms with Crippen LogP contribution in [0.25, 0.3) is 0 Å². The number of carbonyl (C=O) groups is 2. The molecule has 6 nitrogen and oxygen atoms in total. The zero-order valence-electron chi connectivity index (χ0n) is 10.8. The predicted octanol–water partition coefficient (Wildman–Crippen LogP) is 1.22. The van der Waals surface area contributed by atoms with Gasteiger partial charge in [-0.05, 0) is 18.6 Å². The minimum atomic E-state index is -1.06. The van der Waals surface area contributed by atoms with Crippen molar-refractivity contribution in [1.82, 2.24) is 0 Å². The van der Waals surface area contributed by atoms with Crippen molar-refractivity contribution in [1.29, 1.82) is 0 Å². The topological polar surface area (TPSA) is 102 Å². The van der Waals surface area contributed by atoms with Gasteiger partial charge in [0, 0.05) is 11.8 Å². The van der Waals surface area contributed by atoms with Crippen molar-refractivity contribution in [2.75, 3.05) is 11.9 Å². The highest BCUT2D eigenvalue weighted by Crippen LogP contribution is 2.17. The molecule has 0 bridgehead atoms. The molecule has 0 aliphatic carbocycles. The Kier molecular flexibility index (Phi) is 5.81. The van der Waals surface area contributed by atoms with Gasteiger partial charge in [0.25, 0.3) is 0 Å². The van der Waals surface area contributed by atoms with Gasteiger partial charge in [-0.15, -0.1) is 0 Å². The normalized spacial score (nSPS) is 11.7. The molecule has 0 aromatic heterocycles. The Bertz CT molecular complexity index is 448. The summed E-state index contributed by atoms with van der Waals surface area (Å²) in [5.41, 5.74) is 6.22. The second-order valence-corrected chi connectivity index (χ2v) is 4.09. The molecule has 0 unspecified atom stereocenters. The van der Waals surface area contributed by atoms with Crippen LogP contribution in [-0.2, 0) is 9.59 Å². The van der Waals surface area contributed by atoms with Crippen molar-refractivity contribution >= 4 is 17.6 Å². The Morgan fingerprint density at radius 2 is 2.21 bits per heavy atom. The molecule has 1 aromatic rings. The predicted molar refractivity (Wildman–Crippen MR) is 71.1 cm³/mol. The number of hydrogen-bond donors (Lipinski definition) is 3. The van der Waals surface area contributed by atoms with E-state index in [2.05, 4.69) is 5.32 Å². The molecule has 0 saturated heterocycles. The zero-order valence-corrected chi connectivity index (χ0v) is 10.8. The van der Waals surface area contributed by atoms with Crippen LogP contribution < -0.4 is 15.8 Å². The zero-order chi connectivity index (χ0) is 14.3. The summed E-state index contributed by atoms with van der Waals surface area (Å²) in [5, 5.41) is 11.2. The molecular formula is C13H18N2O4. The fourth-order valence-electron chi connectivity index (χ4n) is 1.49. The molecule has 104 valence electrons. The van der Waals surface area contributed by atoms with Crippen molar-refractivity contribution in [3.63, 3.8) is 0 Å². The van der Waals surface area contributed by atoms with Crippen LogP contribution in [0.2, 0.25) is 0 Å². The molecule has 6 heteroatoms. The maximum Gasteiger partial charge on any atom is 0.341 e. The number of ether oxygens (including phenoxy) is 1. The van der Waals surface area contributed by atoms with Gasteiger partial charge in [-0.2, -0.15) is 0 Å². The van der Waals surface area contributed by atoms with Gasteiger partial charge in [0.05, 0.1) is 6.04 Å². The van der Waals surface area contributed by atoms with Crippen LogP contribution in [0.4, 0.5) is 5.69 Å². The standard InChI is InChI=1S/C13H18N2O4/c1-2-4-11(14)13(18)15-9-5-3-6-10(7-9)19-8-12(16)17/h3,5-7,11H,2,4,8,14H2,1H3,(H,15,18)(H,16,17)/t11-/m0/s1. The largest absolute Gasteiger partial charge is 0.482 e. The lowest BCUT2D eigenvalue weighted by Gasteiger charge is -2.12. The van der Waals surface area contributed by atoms with Gasteiger partial charge >= 0.3 is 5.97 Å². The van der Waals surface area contributed by atoms with Crippen molar-refractivity contribution in [2.45, 2.75) is 25.8 Å². The maximum atomic E-state index is 11.7. The first kappa shape index (κ1) is 15.0. The summed E-state index contributed by atoms with van der Waals surface area (Å²) in [5.74, 6) is -0.944. The van der Waals surface area contributed by atoms with E-state index in [1.54, 1.807) is 24.3 Å². The van der Waals surface area contributed by atoms with E-state index in [1.165, 1.54) is 0 Å². The van der Waals surface area contributed by atoms with Crippen LogP contribution in [0.5, 0.6) is 5.75 Å². The number of anilines is 1. The second kappa shape index (κ2) is 7.38. The van der Waals surface area contributed by atoms with Gasteiger partial charge in [0.1, 0.15) is 5.75 Å². The fraction of sp³-hybridized carbons (Fsp3) is 0.385. The van der Waals surface area contributed by atoms with Gasteiger partial charge in [-0.3, -0.25) is 4.79 Å².